The van der Waals surface area contributed by atoms with Crippen molar-refractivity contribution >= 4 is 29.2 Å². The average Bonchev–Trinajstić information content (AvgIpc) is 2.11. The lowest BCUT2D eigenvalue weighted by Crippen LogP contribution is -2.07. The molecular formula is C7HCl2F3O2. The second kappa shape index (κ2) is 3.67. The Balaban J connectivity index is 3.68. The summed E-state index contributed by atoms with van der Waals surface area (Å²) in [5.41, 5.74) is -1.18. The van der Waals surface area contributed by atoms with Crippen LogP contribution in [0.1, 0.15) is 10.4 Å². The maximum atomic E-state index is 12.8. The molecule has 1 rings (SSSR count). The molecule has 0 amide bonds. The minimum atomic E-state index is -1.96. The molecule has 0 bridgehead atoms. The van der Waals surface area contributed by atoms with E-state index in [1.54, 1.807) is 0 Å². The summed E-state index contributed by atoms with van der Waals surface area (Å²) in [6.45, 7) is 0. The highest BCUT2D eigenvalue weighted by molar-refractivity contribution is 6.43. The van der Waals surface area contributed by atoms with Gasteiger partial charge in [-0.25, -0.2) is 18.0 Å². The van der Waals surface area contributed by atoms with Crippen LogP contribution in [0.2, 0.25) is 10.0 Å². The van der Waals surface area contributed by atoms with Gasteiger partial charge in [0.2, 0.25) is 0 Å². The molecule has 0 saturated heterocycles. The molecule has 0 radical (unpaired) electrons. The van der Waals surface area contributed by atoms with E-state index in [0.29, 0.717) is 0 Å². The molecule has 0 aliphatic rings. The van der Waals surface area contributed by atoms with E-state index >= 15 is 0 Å². The van der Waals surface area contributed by atoms with E-state index in [0.717, 1.165) is 0 Å². The summed E-state index contributed by atoms with van der Waals surface area (Å²) in [5, 5.41) is 6.59. The molecule has 0 aliphatic heterocycles. The predicted molar refractivity (Wildman–Crippen MR) is 43.3 cm³/mol. The maximum Gasteiger partial charge on any atom is 0.340 e. The Kier molecular flexibility index (Phi) is 2.92. The molecule has 0 aromatic heterocycles. The van der Waals surface area contributed by atoms with E-state index in [2.05, 4.69) is 0 Å². The smallest absolute Gasteiger partial charge is 0.340 e. The van der Waals surface area contributed by atoms with Crippen molar-refractivity contribution in [3.63, 3.8) is 0 Å². The normalized spacial score (nSPS) is 10.4. The number of hydrogen-bond acceptors (Lipinski definition) is 1. The van der Waals surface area contributed by atoms with Crippen LogP contribution in [0.25, 0.3) is 0 Å². The van der Waals surface area contributed by atoms with Crippen molar-refractivity contribution in [2.24, 2.45) is 0 Å². The van der Waals surface area contributed by atoms with E-state index in [1.807, 2.05) is 0 Å². The van der Waals surface area contributed by atoms with Crippen LogP contribution in [-0.2, 0) is 0 Å². The number of benzene rings is 1. The van der Waals surface area contributed by atoms with Crippen molar-refractivity contribution in [2.45, 2.75) is 0 Å². The maximum absolute atomic E-state index is 12.8. The largest absolute Gasteiger partial charge is 0.478 e. The van der Waals surface area contributed by atoms with Gasteiger partial charge in [-0.3, -0.25) is 0 Å². The quantitative estimate of drug-likeness (QED) is 0.609. The van der Waals surface area contributed by atoms with Crippen LogP contribution in [0, 0.1) is 17.5 Å². The van der Waals surface area contributed by atoms with Crippen LogP contribution in [0.5, 0.6) is 0 Å². The van der Waals surface area contributed by atoms with Crippen LogP contribution in [0.15, 0.2) is 0 Å². The molecule has 2 nitrogen and oxygen atoms in total. The number of rotatable bonds is 1. The van der Waals surface area contributed by atoms with E-state index < -0.39 is 39.0 Å². The van der Waals surface area contributed by atoms with Crippen molar-refractivity contribution in [3.8, 4) is 0 Å². The first-order valence-corrected chi connectivity index (χ1v) is 3.88. The average molecular weight is 245 g/mol. The number of hydrogen-bond donors (Lipinski definition) is 1. The van der Waals surface area contributed by atoms with Gasteiger partial charge in [-0.1, -0.05) is 23.2 Å². The van der Waals surface area contributed by atoms with E-state index in [4.69, 9.17) is 28.3 Å². The standard InChI is InChI=1S/C7HCl2F3O2/c8-2-1(7(13)14)4(10)6(12)5(11)3(2)9/h(H,13,14). The first-order valence-electron chi connectivity index (χ1n) is 3.12. The van der Waals surface area contributed by atoms with Crippen molar-refractivity contribution in [1.82, 2.24) is 0 Å². The molecule has 0 unspecified atom stereocenters. The lowest BCUT2D eigenvalue weighted by atomic mass is 10.2. The Bertz CT molecular complexity index is 391. The van der Waals surface area contributed by atoms with Gasteiger partial charge < -0.3 is 5.11 Å². The highest BCUT2D eigenvalue weighted by atomic mass is 35.5. The molecule has 1 aromatic rings. The van der Waals surface area contributed by atoms with Gasteiger partial charge >= 0.3 is 5.97 Å². The molecule has 76 valence electrons. The molecular weight excluding hydrogens is 244 g/mol. The zero-order valence-electron chi connectivity index (χ0n) is 6.25. The van der Waals surface area contributed by atoms with Gasteiger partial charge in [0.25, 0.3) is 0 Å². The Morgan fingerprint density at radius 3 is 1.93 bits per heavy atom. The van der Waals surface area contributed by atoms with Crippen molar-refractivity contribution in [2.75, 3.05) is 0 Å². The fourth-order valence-electron chi connectivity index (χ4n) is 0.793. The van der Waals surface area contributed by atoms with Crippen molar-refractivity contribution < 1.29 is 23.1 Å². The molecule has 0 spiro atoms. The Hall–Kier alpha value is -0.940. The summed E-state index contributed by atoms with van der Waals surface area (Å²) in [6, 6.07) is 0. The number of carboxylic acid groups (broad SMARTS) is 1. The van der Waals surface area contributed by atoms with E-state index in [1.165, 1.54) is 0 Å². The molecule has 14 heavy (non-hydrogen) atoms. The van der Waals surface area contributed by atoms with Gasteiger partial charge in [0.1, 0.15) is 5.56 Å². The molecule has 0 aliphatic carbocycles. The fraction of sp³-hybridized carbons (Fsp3) is 0. The Morgan fingerprint density at radius 2 is 1.50 bits per heavy atom. The summed E-state index contributed by atoms with van der Waals surface area (Å²) >= 11 is 10.3. The van der Waals surface area contributed by atoms with Gasteiger partial charge in [-0.05, 0) is 0 Å². The van der Waals surface area contributed by atoms with E-state index in [9.17, 15) is 18.0 Å². The van der Waals surface area contributed by atoms with Gasteiger partial charge in [-0.2, -0.15) is 0 Å². The number of halogens is 5. The molecule has 0 saturated carbocycles. The minimum Gasteiger partial charge on any atom is -0.478 e. The van der Waals surface area contributed by atoms with E-state index in [-0.39, 0.29) is 0 Å². The van der Waals surface area contributed by atoms with Crippen molar-refractivity contribution in [3.05, 3.63) is 33.1 Å². The third-order valence-corrected chi connectivity index (χ3v) is 2.25. The molecule has 0 atom stereocenters. The zero-order valence-corrected chi connectivity index (χ0v) is 7.76. The van der Waals surface area contributed by atoms with Crippen LogP contribution in [0.4, 0.5) is 13.2 Å². The topological polar surface area (TPSA) is 37.3 Å². The molecule has 7 heteroatoms. The van der Waals surface area contributed by atoms with Gasteiger partial charge in [-0.15, -0.1) is 0 Å². The lowest BCUT2D eigenvalue weighted by molar-refractivity contribution is 0.0690. The third kappa shape index (κ3) is 1.53. The zero-order chi connectivity index (χ0) is 11.0. The van der Waals surface area contributed by atoms with Crippen LogP contribution < -0.4 is 0 Å². The summed E-state index contributed by atoms with van der Waals surface area (Å²) in [7, 11) is 0. The Morgan fingerprint density at radius 1 is 1.00 bits per heavy atom. The van der Waals surface area contributed by atoms with Crippen LogP contribution in [-0.4, -0.2) is 11.1 Å². The minimum absolute atomic E-state index is 0.865. The Labute approximate surface area is 85.9 Å². The predicted octanol–water partition coefficient (Wildman–Crippen LogP) is 3.11. The molecule has 1 N–H and O–H groups in total. The summed E-state index contributed by atoms with van der Waals surface area (Å²) in [5.74, 6) is -7.37. The number of carboxylic acids is 1. The molecule has 0 fully saturated rings. The second-order valence-corrected chi connectivity index (χ2v) is 3.01. The number of aromatic carboxylic acids is 1. The first-order chi connectivity index (χ1) is 6.37. The van der Waals surface area contributed by atoms with Gasteiger partial charge in [0.15, 0.2) is 17.5 Å². The highest BCUT2D eigenvalue weighted by Gasteiger charge is 2.26. The van der Waals surface area contributed by atoms with Crippen LogP contribution >= 0.6 is 23.2 Å². The third-order valence-electron chi connectivity index (χ3n) is 1.42. The van der Waals surface area contributed by atoms with Gasteiger partial charge in [0, 0.05) is 0 Å². The van der Waals surface area contributed by atoms with Gasteiger partial charge in [0.05, 0.1) is 10.0 Å². The summed E-state index contributed by atoms with van der Waals surface area (Å²) in [4.78, 5) is 10.4. The first kappa shape index (κ1) is 11.1. The SMILES string of the molecule is O=C(O)c1c(F)c(F)c(F)c(Cl)c1Cl. The van der Waals surface area contributed by atoms with Crippen LogP contribution in [0.3, 0.4) is 0 Å². The molecule has 0 heterocycles. The highest BCUT2D eigenvalue weighted by Crippen LogP contribution is 2.32. The summed E-state index contributed by atoms with van der Waals surface area (Å²) in [6.07, 6.45) is 0. The molecule has 1 aromatic carbocycles. The van der Waals surface area contributed by atoms with Crippen molar-refractivity contribution in [1.29, 1.82) is 0 Å². The second-order valence-electron chi connectivity index (χ2n) is 2.25. The fourth-order valence-corrected chi connectivity index (χ4v) is 1.22. The summed E-state index contributed by atoms with van der Waals surface area (Å²) < 4.78 is 38.1. The monoisotopic (exact) mass is 244 g/mol. The number of carbonyl (C=O) groups is 1. The lowest BCUT2D eigenvalue weighted by Gasteiger charge is -2.05.